The summed E-state index contributed by atoms with van der Waals surface area (Å²) in [6.45, 7) is 6.13. The number of nitrogens with one attached hydrogen (secondary N) is 1. The first kappa shape index (κ1) is 22.4. The maximum absolute atomic E-state index is 6.08. The second kappa shape index (κ2) is 9.85. The number of ether oxygens (including phenoxy) is 1. The van der Waals surface area contributed by atoms with Crippen molar-refractivity contribution in [3.05, 3.63) is 107 Å². The highest BCUT2D eigenvalue weighted by Gasteiger charge is 2.10. The van der Waals surface area contributed by atoms with Crippen LogP contribution in [0.1, 0.15) is 27.8 Å². The van der Waals surface area contributed by atoms with Crippen molar-refractivity contribution in [2.45, 2.75) is 33.5 Å². The van der Waals surface area contributed by atoms with Crippen LogP contribution < -0.4 is 15.8 Å². The van der Waals surface area contributed by atoms with E-state index >= 15 is 0 Å². The number of nitrogens with two attached hydrogens (primary N) is 1. The van der Waals surface area contributed by atoms with Gasteiger partial charge in [0.25, 0.3) is 0 Å². The third-order valence-corrected chi connectivity index (χ3v) is 6.22. The molecule has 0 saturated carbocycles. The summed E-state index contributed by atoms with van der Waals surface area (Å²) in [7, 11) is 0. The van der Waals surface area contributed by atoms with E-state index in [1.807, 2.05) is 35.1 Å². The van der Waals surface area contributed by atoms with Crippen LogP contribution in [0.25, 0.3) is 10.8 Å². The van der Waals surface area contributed by atoms with Crippen LogP contribution in [0.4, 0.5) is 11.6 Å². The number of nitrogen functional groups attached to an aromatic ring is 1. The van der Waals surface area contributed by atoms with Crippen molar-refractivity contribution in [1.82, 2.24) is 19.7 Å². The second-order valence-electron chi connectivity index (χ2n) is 8.63. The fourth-order valence-electron chi connectivity index (χ4n) is 4.27. The van der Waals surface area contributed by atoms with Crippen LogP contribution in [0.2, 0.25) is 0 Å². The molecule has 0 aliphatic rings. The van der Waals surface area contributed by atoms with Crippen LogP contribution in [-0.2, 0) is 19.7 Å². The summed E-state index contributed by atoms with van der Waals surface area (Å²) in [5, 5.41) is 9.81. The summed E-state index contributed by atoms with van der Waals surface area (Å²) in [5.74, 6) is 2.10. The third-order valence-electron chi connectivity index (χ3n) is 6.22. The Morgan fingerprint density at radius 1 is 0.914 bits per heavy atom. The van der Waals surface area contributed by atoms with Gasteiger partial charge in [-0.1, -0.05) is 24.3 Å². The maximum Gasteiger partial charge on any atom is 0.131 e. The number of aryl methyl sites for hydroxylation is 2. The molecule has 3 heterocycles. The van der Waals surface area contributed by atoms with E-state index in [0.29, 0.717) is 19.0 Å². The fraction of sp³-hybridized carbons (Fsp3) is 0.179. The van der Waals surface area contributed by atoms with Gasteiger partial charge in [0.15, 0.2) is 0 Å². The predicted octanol–water partition coefficient (Wildman–Crippen LogP) is 5.26. The van der Waals surface area contributed by atoms with Crippen molar-refractivity contribution < 1.29 is 4.74 Å². The van der Waals surface area contributed by atoms with E-state index in [1.165, 1.54) is 22.3 Å². The largest absolute Gasteiger partial charge is 0.489 e. The fourth-order valence-corrected chi connectivity index (χ4v) is 4.27. The molecule has 3 aromatic heterocycles. The predicted molar refractivity (Wildman–Crippen MR) is 139 cm³/mol. The van der Waals surface area contributed by atoms with E-state index in [9.17, 15) is 0 Å². The SMILES string of the molecule is Cc1cc2c(N)nccc2c(C)c1CNc1cc(OCc2ccc(Cn3cccn3)cc2)ccn1. The average Bonchev–Trinajstić information content (AvgIpc) is 3.38. The Morgan fingerprint density at radius 3 is 2.51 bits per heavy atom. The summed E-state index contributed by atoms with van der Waals surface area (Å²) in [6.07, 6.45) is 7.27. The molecule has 0 aliphatic carbocycles. The number of hydrogen-bond donors (Lipinski definition) is 2. The van der Waals surface area contributed by atoms with Gasteiger partial charge in [0.1, 0.15) is 24.0 Å². The number of rotatable bonds is 8. The number of fused-ring (bicyclic) bond motifs is 1. The molecule has 176 valence electrons. The maximum atomic E-state index is 6.08. The molecule has 0 atom stereocenters. The molecule has 0 radical (unpaired) electrons. The van der Waals surface area contributed by atoms with Crippen molar-refractivity contribution in [3.8, 4) is 5.75 Å². The number of benzene rings is 2. The molecule has 0 spiro atoms. The van der Waals surface area contributed by atoms with E-state index in [0.717, 1.165) is 34.4 Å². The zero-order valence-corrected chi connectivity index (χ0v) is 19.9. The molecule has 0 aliphatic heterocycles. The van der Waals surface area contributed by atoms with Gasteiger partial charge in [0.05, 0.1) is 6.54 Å². The van der Waals surface area contributed by atoms with Crippen molar-refractivity contribution in [1.29, 1.82) is 0 Å². The Balaban J connectivity index is 1.22. The molecule has 35 heavy (non-hydrogen) atoms. The zero-order valence-electron chi connectivity index (χ0n) is 19.9. The van der Waals surface area contributed by atoms with Gasteiger partial charge in [0.2, 0.25) is 0 Å². The standard InChI is InChI=1S/C28H28N6O/c1-19-14-25-24(9-12-31-28(25)29)20(2)26(19)16-32-27-15-23(8-11-30-27)35-18-22-6-4-21(5-7-22)17-34-13-3-10-33-34/h3-15H,16-18H2,1-2H3,(H2,29,31)(H,30,32). The summed E-state index contributed by atoms with van der Waals surface area (Å²) in [5.41, 5.74) is 12.0. The molecule has 7 nitrogen and oxygen atoms in total. The zero-order chi connectivity index (χ0) is 24.2. The smallest absolute Gasteiger partial charge is 0.131 e. The molecule has 5 aromatic rings. The summed E-state index contributed by atoms with van der Waals surface area (Å²) in [4.78, 5) is 8.68. The number of aromatic nitrogens is 4. The van der Waals surface area contributed by atoms with Gasteiger partial charge < -0.3 is 15.8 Å². The molecule has 2 aromatic carbocycles. The van der Waals surface area contributed by atoms with Gasteiger partial charge in [-0.2, -0.15) is 5.10 Å². The van der Waals surface area contributed by atoms with Gasteiger partial charge in [-0.15, -0.1) is 0 Å². The van der Waals surface area contributed by atoms with Gasteiger partial charge in [0, 0.05) is 42.8 Å². The lowest BCUT2D eigenvalue weighted by Crippen LogP contribution is -2.06. The third kappa shape index (κ3) is 5.09. The molecule has 0 bridgehead atoms. The summed E-state index contributed by atoms with van der Waals surface area (Å²) < 4.78 is 7.94. The Kier molecular flexibility index (Phi) is 6.30. The summed E-state index contributed by atoms with van der Waals surface area (Å²) in [6, 6.07) is 18.3. The second-order valence-corrected chi connectivity index (χ2v) is 8.63. The highest BCUT2D eigenvalue weighted by atomic mass is 16.5. The quantitative estimate of drug-likeness (QED) is 0.325. The van der Waals surface area contributed by atoms with Crippen LogP contribution in [0, 0.1) is 13.8 Å². The van der Waals surface area contributed by atoms with E-state index < -0.39 is 0 Å². The first-order valence-corrected chi connectivity index (χ1v) is 11.6. The van der Waals surface area contributed by atoms with Crippen LogP contribution in [0.3, 0.4) is 0 Å². The number of pyridine rings is 2. The lowest BCUT2D eigenvalue weighted by atomic mass is 9.96. The minimum atomic E-state index is 0.490. The topological polar surface area (TPSA) is 90.9 Å². The number of anilines is 2. The van der Waals surface area contributed by atoms with E-state index in [1.54, 1.807) is 18.6 Å². The van der Waals surface area contributed by atoms with Crippen LogP contribution >= 0.6 is 0 Å². The van der Waals surface area contributed by atoms with Crippen LogP contribution in [0.15, 0.2) is 79.4 Å². The minimum absolute atomic E-state index is 0.490. The number of hydrogen-bond acceptors (Lipinski definition) is 6. The Bertz CT molecular complexity index is 1450. The molecule has 0 saturated heterocycles. The highest BCUT2D eigenvalue weighted by molar-refractivity contribution is 5.94. The van der Waals surface area contributed by atoms with Crippen molar-refractivity contribution in [2.24, 2.45) is 0 Å². The Labute approximate surface area is 204 Å². The normalized spacial score (nSPS) is 11.0. The minimum Gasteiger partial charge on any atom is -0.489 e. The van der Waals surface area contributed by atoms with Crippen molar-refractivity contribution in [2.75, 3.05) is 11.1 Å². The molecular weight excluding hydrogens is 436 g/mol. The molecule has 0 unspecified atom stereocenters. The highest BCUT2D eigenvalue weighted by Crippen LogP contribution is 2.28. The van der Waals surface area contributed by atoms with Crippen molar-refractivity contribution >= 4 is 22.4 Å². The molecule has 3 N–H and O–H groups in total. The van der Waals surface area contributed by atoms with E-state index in [-0.39, 0.29) is 0 Å². The molecule has 7 heteroatoms. The van der Waals surface area contributed by atoms with Gasteiger partial charge in [-0.05, 0) is 71.3 Å². The first-order chi connectivity index (χ1) is 17.1. The van der Waals surface area contributed by atoms with Crippen molar-refractivity contribution in [3.63, 3.8) is 0 Å². The van der Waals surface area contributed by atoms with Gasteiger partial charge >= 0.3 is 0 Å². The lowest BCUT2D eigenvalue weighted by molar-refractivity contribution is 0.306. The van der Waals surface area contributed by atoms with Crippen LogP contribution in [0.5, 0.6) is 5.75 Å². The van der Waals surface area contributed by atoms with E-state index in [2.05, 4.69) is 64.6 Å². The van der Waals surface area contributed by atoms with Gasteiger partial charge in [-0.25, -0.2) is 9.97 Å². The van der Waals surface area contributed by atoms with Crippen LogP contribution in [-0.4, -0.2) is 19.7 Å². The molecular formula is C28H28N6O. The van der Waals surface area contributed by atoms with E-state index in [4.69, 9.17) is 10.5 Å². The van der Waals surface area contributed by atoms with Gasteiger partial charge in [-0.3, -0.25) is 4.68 Å². The average molecular weight is 465 g/mol. The molecule has 0 amide bonds. The molecule has 5 rings (SSSR count). The monoisotopic (exact) mass is 464 g/mol. The summed E-state index contributed by atoms with van der Waals surface area (Å²) >= 11 is 0. The lowest BCUT2D eigenvalue weighted by Gasteiger charge is -2.15. The molecule has 0 fully saturated rings. The first-order valence-electron chi connectivity index (χ1n) is 11.6. The Hall–Kier alpha value is -4.39. The number of nitrogens with zero attached hydrogens (tertiary/aromatic N) is 4. The Morgan fingerprint density at radius 2 is 1.71 bits per heavy atom.